The van der Waals surface area contributed by atoms with Crippen molar-refractivity contribution in [2.45, 2.75) is 19.4 Å². The molecular formula is C19H24N6O3S2. The normalized spacial score (nSPS) is 16.4. The number of hydrogen-bond donors (Lipinski definition) is 1. The molecule has 3 heterocycles. The van der Waals surface area contributed by atoms with Crippen LogP contribution in [0.3, 0.4) is 0 Å². The third-order valence-electron chi connectivity index (χ3n) is 5.31. The smallest absolute Gasteiger partial charge is 0.281 e. The van der Waals surface area contributed by atoms with E-state index in [1.165, 1.54) is 34.0 Å². The summed E-state index contributed by atoms with van der Waals surface area (Å²) in [6, 6.07) is 7.73. The van der Waals surface area contributed by atoms with Crippen LogP contribution >= 0.6 is 11.3 Å². The van der Waals surface area contributed by atoms with Crippen molar-refractivity contribution in [2.75, 3.05) is 32.5 Å². The molecular weight excluding hydrogens is 424 g/mol. The summed E-state index contributed by atoms with van der Waals surface area (Å²) in [6.07, 6.45) is 0.955. The highest BCUT2D eigenvalue weighted by atomic mass is 32.2. The molecule has 1 amide bonds. The van der Waals surface area contributed by atoms with Crippen molar-refractivity contribution in [1.29, 1.82) is 0 Å². The number of hydrogen-bond acceptors (Lipinski definition) is 6. The van der Waals surface area contributed by atoms with Crippen LogP contribution < -0.4 is 5.32 Å². The van der Waals surface area contributed by atoms with E-state index in [0.717, 1.165) is 16.7 Å². The largest absolute Gasteiger partial charge is 0.304 e. The van der Waals surface area contributed by atoms with Crippen LogP contribution in [-0.4, -0.2) is 64.7 Å². The van der Waals surface area contributed by atoms with Crippen LogP contribution in [-0.2, 0) is 21.5 Å². The first kappa shape index (κ1) is 20.9. The topological polar surface area (TPSA) is 100 Å². The van der Waals surface area contributed by atoms with E-state index in [-0.39, 0.29) is 11.8 Å². The zero-order valence-electron chi connectivity index (χ0n) is 16.9. The van der Waals surface area contributed by atoms with Gasteiger partial charge >= 0.3 is 0 Å². The van der Waals surface area contributed by atoms with Crippen molar-refractivity contribution < 1.29 is 13.2 Å². The summed E-state index contributed by atoms with van der Waals surface area (Å²) >= 11 is 1.52. The van der Waals surface area contributed by atoms with Gasteiger partial charge < -0.3 is 4.57 Å². The molecule has 0 unspecified atom stereocenters. The first-order valence-corrected chi connectivity index (χ1v) is 12.0. The van der Waals surface area contributed by atoms with Crippen LogP contribution in [0, 0.1) is 5.92 Å². The number of carbonyl (C=O) groups is 1. The molecule has 0 aliphatic carbocycles. The van der Waals surface area contributed by atoms with Crippen molar-refractivity contribution in [1.82, 2.24) is 23.1 Å². The number of anilines is 1. The fourth-order valence-electron chi connectivity index (χ4n) is 3.60. The predicted molar refractivity (Wildman–Crippen MR) is 116 cm³/mol. The van der Waals surface area contributed by atoms with E-state index in [1.54, 1.807) is 5.51 Å². The number of imidazole rings is 1. The number of nitrogens with zero attached hydrogens (tertiary/aromatic N) is 5. The highest BCUT2D eigenvalue weighted by molar-refractivity contribution is 7.86. The number of nitrogens with one attached hydrogen (secondary N) is 1. The minimum Gasteiger partial charge on any atom is -0.304 e. The summed E-state index contributed by atoms with van der Waals surface area (Å²) in [5.41, 5.74) is 4.41. The van der Waals surface area contributed by atoms with Gasteiger partial charge in [-0.15, -0.1) is 11.3 Å². The standard InChI is InChI=1S/C19H24N6O3S2/c1-23(2)30(27,28)24-9-7-14(8-10-24)18(26)22-19-21-16-5-3-4-6-17(16)25(19)11-15-12-29-13-20-15/h3-6,12-14H,7-11H2,1-2H3,(H,21,22,26). The van der Waals surface area contributed by atoms with Crippen LogP contribution in [0.25, 0.3) is 11.0 Å². The van der Waals surface area contributed by atoms with E-state index in [2.05, 4.69) is 15.3 Å². The summed E-state index contributed by atoms with van der Waals surface area (Å²) in [7, 11) is -0.419. The average molecular weight is 449 g/mol. The molecule has 0 bridgehead atoms. The molecule has 0 radical (unpaired) electrons. The lowest BCUT2D eigenvalue weighted by molar-refractivity contribution is -0.121. The molecule has 0 saturated carbocycles. The third kappa shape index (κ3) is 4.10. The van der Waals surface area contributed by atoms with Gasteiger partial charge in [0.15, 0.2) is 0 Å². The molecule has 160 valence electrons. The zero-order valence-corrected chi connectivity index (χ0v) is 18.5. The second kappa shape index (κ2) is 8.42. The highest BCUT2D eigenvalue weighted by Gasteiger charge is 2.32. The summed E-state index contributed by atoms with van der Waals surface area (Å²) in [4.78, 5) is 21.9. The van der Waals surface area contributed by atoms with Gasteiger partial charge in [0, 0.05) is 38.5 Å². The van der Waals surface area contributed by atoms with Crippen molar-refractivity contribution in [3.05, 3.63) is 40.8 Å². The molecule has 30 heavy (non-hydrogen) atoms. The van der Waals surface area contributed by atoms with Crippen molar-refractivity contribution in [2.24, 2.45) is 5.92 Å². The molecule has 1 saturated heterocycles. The van der Waals surface area contributed by atoms with Crippen LogP contribution in [0.4, 0.5) is 5.95 Å². The summed E-state index contributed by atoms with van der Waals surface area (Å²) in [5, 5.41) is 4.94. The molecule has 3 aromatic rings. The van der Waals surface area contributed by atoms with Gasteiger partial charge in [-0.1, -0.05) is 12.1 Å². The van der Waals surface area contributed by atoms with Gasteiger partial charge in [-0.3, -0.25) is 10.1 Å². The predicted octanol–water partition coefficient (Wildman–Crippen LogP) is 2.00. The molecule has 11 heteroatoms. The van der Waals surface area contributed by atoms with Gasteiger partial charge in [-0.25, -0.2) is 9.97 Å². The fraction of sp³-hybridized carbons (Fsp3) is 0.421. The minimum absolute atomic E-state index is 0.133. The Hall–Kier alpha value is -2.34. The minimum atomic E-state index is -3.45. The number of piperidine rings is 1. The molecule has 0 spiro atoms. The summed E-state index contributed by atoms with van der Waals surface area (Å²) < 4.78 is 29.1. The number of fused-ring (bicyclic) bond motifs is 1. The van der Waals surface area contributed by atoms with Crippen molar-refractivity contribution >= 4 is 44.4 Å². The summed E-state index contributed by atoms with van der Waals surface area (Å²) in [5.74, 6) is 0.0930. The first-order chi connectivity index (χ1) is 14.4. The molecule has 1 fully saturated rings. The number of carbonyl (C=O) groups excluding carboxylic acids is 1. The molecule has 4 rings (SSSR count). The number of aromatic nitrogens is 3. The maximum absolute atomic E-state index is 12.9. The number of para-hydroxylation sites is 2. The Morgan fingerprint density at radius 1 is 1.27 bits per heavy atom. The van der Waals surface area contributed by atoms with Gasteiger partial charge in [0.25, 0.3) is 10.2 Å². The fourth-order valence-corrected chi connectivity index (χ4v) is 5.28. The monoisotopic (exact) mass is 448 g/mol. The maximum atomic E-state index is 12.9. The lowest BCUT2D eigenvalue weighted by Gasteiger charge is -2.32. The Balaban J connectivity index is 1.50. The molecule has 1 aliphatic rings. The van der Waals surface area contributed by atoms with E-state index in [9.17, 15) is 13.2 Å². The van der Waals surface area contributed by atoms with Crippen LogP contribution in [0.15, 0.2) is 35.2 Å². The molecule has 2 aromatic heterocycles. The lowest BCUT2D eigenvalue weighted by Crippen LogP contribution is -2.46. The van der Waals surface area contributed by atoms with Gasteiger partial charge in [-0.2, -0.15) is 17.0 Å². The Bertz CT molecular complexity index is 1130. The van der Waals surface area contributed by atoms with Gasteiger partial charge in [0.2, 0.25) is 11.9 Å². The SMILES string of the molecule is CN(C)S(=O)(=O)N1CCC(C(=O)Nc2nc3ccccc3n2Cc2cscn2)CC1. The number of benzene rings is 1. The molecule has 1 aliphatic heterocycles. The molecule has 1 aromatic carbocycles. The Morgan fingerprint density at radius 3 is 2.67 bits per heavy atom. The summed E-state index contributed by atoms with van der Waals surface area (Å²) in [6.45, 7) is 1.17. The molecule has 9 nitrogen and oxygen atoms in total. The number of amides is 1. The molecule has 0 atom stereocenters. The van der Waals surface area contributed by atoms with Gasteiger partial charge in [0.05, 0.1) is 28.8 Å². The van der Waals surface area contributed by atoms with Crippen LogP contribution in [0.5, 0.6) is 0 Å². The van der Waals surface area contributed by atoms with Crippen molar-refractivity contribution in [3.8, 4) is 0 Å². The second-order valence-electron chi connectivity index (χ2n) is 7.44. The van der Waals surface area contributed by atoms with Gasteiger partial charge in [-0.05, 0) is 25.0 Å². The Morgan fingerprint density at radius 2 is 2.00 bits per heavy atom. The van der Waals surface area contributed by atoms with Crippen LogP contribution in [0.1, 0.15) is 18.5 Å². The van der Waals surface area contributed by atoms with Crippen molar-refractivity contribution in [3.63, 3.8) is 0 Å². The van der Waals surface area contributed by atoms with E-state index in [0.29, 0.717) is 38.4 Å². The van der Waals surface area contributed by atoms with E-state index in [1.807, 2.05) is 34.2 Å². The zero-order chi connectivity index (χ0) is 21.3. The average Bonchev–Trinajstić information content (AvgIpc) is 3.37. The molecule has 1 N–H and O–H groups in total. The number of thiazole rings is 1. The lowest BCUT2D eigenvalue weighted by atomic mass is 9.97. The second-order valence-corrected chi connectivity index (χ2v) is 10.3. The number of rotatable bonds is 6. The Labute approximate surface area is 179 Å². The third-order valence-corrected chi connectivity index (χ3v) is 7.88. The van der Waals surface area contributed by atoms with Gasteiger partial charge in [0.1, 0.15) is 0 Å². The highest BCUT2D eigenvalue weighted by Crippen LogP contribution is 2.25. The quantitative estimate of drug-likeness (QED) is 0.622. The Kier molecular flexibility index (Phi) is 5.87. The maximum Gasteiger partial charge on any atom is 0.281 e. The first-order valence-electron chi connectivity index (χ1n) is 9.67. The van der Waals surface area contributed by atoms with E-state index in [4.69, 9.17) is 0 Å². The van der Waals surface area contributed by atoms with Crippen LogP contribution in [0.2, 0.25) is 0 Å². The van der Waals surface area contributed by atoms with E-state index >= 15 is 0 Å². The van der Waals surface area contributed by atoms with E-state index < -0.39 is 10.2 Å².